The van der Waals surface area contributed by atoms with Crippen LogP contribution < -0.4 is 21.1 Å². The number of carbonyl (C=O) groups is 2. The number of hydrogen-bond acceptors (Lipinski definition) is 3. The van der Waals surface area contributed by atoms with Crippen molar-refractivity contribution in [3.8, 4) is 5.75 Å². The maximum atomic E-state index is 12.2. The predicted molar refractivity (Wildman–Crippen MR) is 80.8 cm³/mol. The van der Waals surface area contributed by atoms with Gasteiger partial charge in [-0.25, -0.2) is 4.79 Å². The molecule has 0 bridgehead atoms. The largest absolute Gasteiger partial charge is 0.496 e. The molecule has 0 unspecified atom stereocenters. The Morgan fingerprint density at radius 3 is 2.57 bits per heavy atom. The molecule has 4 N–H and O–H groups in total. The summed E-state index contributed by atoms with van der Waals surface area (Å²) < 4.78 is 5.23. The Morgan fingerprint density at radius 1 is 1.33 bits per heavy atom. The third-order valence-electron chi connectivity index (χ3n) is 3.44. The Kier molecular flexibility index (Phi) is 6.52. The Morgan fingerprint density at radius 2 is 2.00 bits per heavy atom. The van der Waals surface area contributed by atoms with Crippen LogP contribution >= 0.6 is 0 Å². The summed E-state index contributed by atoms with van der Waals surface area (Å²) in [6.07, 6.45) is 0.757. The van der Waals surface area contributed by atoms with Crippen molar-refractivity contribution in [1.29, 1.82) is 0 Å². The maximum absolute atomic E-state index is 12.2. The van der Waals surface area contributed by atoms with Gasteiger partial charge < -0.3 is 21.1 Å². The van der Waals surface area contributed by atoms with Crippen molar-refractivity contribution in [3.63, 3.8) is 0 Å². The van der Waals surface area contributed by atoms with Crippen LogP contribution in [0.3, 0.4) is 0 Å². The lowest BCUT2D eigenvalue weighted by molar-refractivity contribution is -0.124. The molecular formula is C15H23N3O3. The highest BCUT2D eigenvalue weighted by Crippen LogP contribution is 2.17. The second-order valence-electron chi connectivity index (χ2n) is 4.90. The van der Waals surface area contributed by atoms with Crippen LogP contribution in [0, 0.1) is 5.92 Å². The summed E-state index contributed by atoms with van der Waals surface area (Å²) in [5, 5.41) is 5.30. The van der Waals surface area contributed by atoms with E-state index >= 15 is 0 Å². The molecule has 0 spiro atoms. The van der Waals surface area contributed by atoms with Crippen molar-refractivity contribution in [2.45, 2.75) is 32.9 Å². The number of hydrogen-bond donors (Lipinski definition) is 3. The van der Waals surface area contributed by atoms with Crippen LogP contribution in [0.15, 0.2) is 24.3 Å². The fraction of sp³-hybridized carbons (Fsp3) is 0.467. The average Bonchev–Trinajstić information content (AvgIpc) is 2.49. The molecule has 0 aliphatic rings. The van der Waals surface area contributed by atoms with Gasteiger partial charge in [0, 0.05) is 12.1 Å². The second kappa shape index (κ2) is 8.14. The molecular weight excluding hydrogens is 270 g/mol. The van der Waals surface area contributed by atoms with Crippen LogP contribution in [0.1, 0.15) is 25.8 Å². The first-order valence-electron chi connectivity index (χ1n) is 6.95. The molecule has 0 aliphatic heterocycles. The van der Waals surface area contributed by atoms with Crippen LogP contribution in [0.4, 0.5) is 4.79 Å². The summed E-state index contributed by atoms with van der Waals surface area (Å²) in [5.74, 6) is 0.449. The van der Waals surface area contributed by atoms with Gasteiger partial charge in [0.15, 0.2) is 0 Å². The summed E-state index contributed by atoms with van der Waals surface area (Å²) >= 11 is 0. The molecule has 116 valence electrons. The van der Waals surface area contributed by atoms with Crippen LogP contribution in [0.5, 0.6) is 5.75 Å². The van der Waals surface area contributed by atoms with Crippen LogP contribution in [-0.2, 0) is 11.3 Å². The highest BCUT2D eigenvalue weighted by molar-refractivity contribution is 5.86. The molecule has 1 aromatic rings. The van der Waals surface area contributed by atoms with E-state index in [9.17, 15) is 9.59 Å². The molecule has 0 saturated heterocycles. The first kappa shape index (κ1) is 16.8. The van der Waals surface area contributed by atoms with Gasteiger partial charge in [-0.3, -0.25) is 4.79 Å². The van der Waals surface area contributed by atoms with Gasteiger partial charge in [0.2, 0.25) is 5.91 Å². The van der Waals surface area contributed by atoms with Gasteiger partial charge in [0.1, 0.15) is 11.8 Å². The zero-order valence-corrected chi connectivity index (χ0v) is 12.7. The summed E-state index contributed by atoms with van der Waals surface area (Å²) in [6.45, 7) is 4.17. The lowest BCUT2D eigenvalue weighted by atomic mass is 9.98. The molecule has 2 atom stereocenters. The van der Waals surface area contributed by atoms with Gasteiger partial charge in [-0.2, -0.15) is 0 Å². The molecule has 6 heteroatoms. The van der Waals surface area contributed by atoms with Gasteiger partial charge in [-0.05, 0) is 12.0 Å². The van der Waals surface area contributed by atoms with E-state index in [0.29, 0.717) is 12.3 Å². The number of urea groups is 1. The molecule has 1 aromatic carbocycles. The number of ether oxygens (including phenoxy) is 1. The number of nitrogens with two attached hydrogens (primary N) is 1. The summed E-state index contributed by atoms with van der Waals surface area (Å²) in [5.41, 5.74) is 6.00. The van der Waals surface area contributed by atoms with E-state index in [0.717, 1.165) is 12.0 Å². The lowest BCUT2D eigenvalue weighted by Crippen LogP contribution is -2.51. The molecule has 1 rings (SSSR count). The Bertz CT molecular complexity index is 491. The summed E-state index contributed by atoms with van der Waals surface area (Å²) in [7, 11) is 1.58. The Hall–Kier alpha value is -2.24. The Balaban J connectivity index is 2.71. The lowest BCUT2D eigenvalue weighted by Gasteiger charge is -2.22. The van der Waals surface area contributed by atoms with Crippen molar-refractivity contribution in [2.24, 2.45) is 11.7 Å². The molecule has 0 saturated carbocycles. The van der Waals surface area contributed by atoms with E-state index in [1.54, 1.807) is 7.11 Å². The number of rotatable bonds is 7. The van der Waals surface area contributed by atoms with Gasteiger partial charge in [0.05, 0.1) is 7.11 Å². The number of methoxy groups -OCH3 is 1. The topological polar surface area (TPSA) is 93.5 Å². The number of para-hydroxylation sites is 1. The monoisotopic (exact) mass is 293 g/mol. The van der Waals surface area contributed by atoms with E-state index in [-0.39, 0.29) is 11.8 Å². The fourth-order valence-corrected chi connectivity index (χ4v) is 2.00. The van der Waals surface area contributed by atoms with E-state index in [1.165, 1.54) is 0 Å². The van der Waals surface area contributed by atoms with Crippen molar-refractivity contribution in [1.82, 2.24) is 10.6 Å². The molecule has 0 aromatic heterocycles. The highest BCUT2D eigenvalue weighted by atomic mass is 16.5. The maximum Gasteiger partial charge on any atom is 0.312 e. The standard InChI is InChI=1S/C15H23N3O3/c1-4-10(2)13(18-15(16)20)14(19)17-9-11-7-5-6-8-12(11)21-3/h5-8,10,13H,4,9H2,1-3H3,(H,17,19)(H3,16,18,20)/t10-,13-/m0/s1. The van der Waals surface area contributed by atoms with Crippen molar-refractivity contribution in [3.05, 3.63) is 29.8 Å². The normalized spacial score (nSPS) is 13.1. The number of carbonyl (C=O) groups excluding carboxylic acids is 2. The highest BCUT2D eigenvalue weighted by Gasteiger charge is 2.24. The molecule has 0 fully saturated rings. The molecule has 0 heterocycles. The third-order valence-corrected chi connectivity index (χ3v) is 3.44. The van der Waals surface area contributed by atoms with Crippen molar-refractivity contribution in [2.75, 3.05) is 7.11 Å². The number of primary amides is 1. The number of benzene rings is 1. The van der Waals surface area contributed by atoms with E-state index in [2.05, 4.69) is 10.6 Å². The van der Waals surface area contributed by atoms with E-state index in [1.807, 2.05) is 38.1 Å². The predicted octanol–water partition coefficient (Wildman–Crippen LogP) is 1.39. The average molecular weight is 293 g/mol. The number of nitrogens with one attached hydrogen (secondary N) is 2. The molecule has 21 heavy (non-hydrogen) atoms. The first-order valence-corrected chi connectivity index (χ1v) is 6.95. The minimum absolute atomic E-state index is 0.00447. The van der Waals surface area contributed by atoms with E-state index < -0.39 is 12.1 Å². The second-order valence-corrected chi connectivity index (χ2v) is 4.90. The molecule has 3 amide bonds. The first-order chi connectivity index (χ1) is 9.99. The molecule has 0 radical (unpaired) electrons. The van der Waals surface area contributed by atoms with Crippen LogP contribution in [0.2, 0.25) is 0 Å². The summed E-state index contributed by atoms with van der Waals surface area (Å²) in [6, 6.07) is 6.10. The minimum Gasteiger partial charge on any atom is -0.496 e. The zero-order valence-electron chi connectivity index (χ0n) is 12.7. The molecule has 0 aliphatic carbocycles. The quantitative estimate of drug-likeness (QED) is 0.709. The van der Waals surface area contributed by atoms with Gasteiger partial charge in [-0.15, -0.1) is 0 Å². The van der Waals surface area contributed by atoms with Crippen LogP contribution in [-0.4, -0.2) is 25.1 Å². The molecule has 6 nitrogen and oxygen atoms in total. The van der Waals surface area contributed by atoms with Crippen molar-refractivity contribution >= 4 is 11.9 Å². The SMILES string of the molecule is CC[C@H](C)[C@H](NC(N)=O)C(=O)NCc1ccccc1OC. The Labute approximate surface area is 125 Å². The van der Waals surface area contributed by atoms with Crippen molar-refractivity contribution < 1.29 is 14.3 Å². The van der Waals surface area contributed by atoms with Gasteiger partial charge in [-0.1, -0.05) is 38.5 Å². The van der Waals surface area contributed by atoms with Gasteiger partial charge in [0.25, 0.3) is 0 Å². The number of amides is 3. The van der Waals surface area contributed by atoms with Crippen LogP contribution in [0.25, 0.3) is 0 Å². The summed E-state index contributed by atoms with van der Waals surface area (Å²) in [4.78, 5) is 23.3. The smallest absolute Gasteiger partial charge is 0.312 e. The fourth-order valence-electron chi connectivity index (χ4n) is 2.00. The zero-order chi connectivity index (χ0) is 15.8. The van der Waals surface area contributed by atoms with E-state index in [4.69, 9.17) is 10.5 Å². The third kappa shape index (κ3) is 4.98. The minimum atomic E-state index is -0.701. The van der Waals surface area contributed by atoms with Gasteiger partial charge >= 0.3 is 6.03 Å².